The fourth-order valence-corrected chi connectivity index (χ4v) is 2.77. The van der Waals surface area contributed by atoms with E-state index in [2.05, 4.69) is 20.4 Å². The average Bonchev–Trinajstić information content (AvgIpc) is 2.96. The molecule has 140 valence electrons. The summed E-state index contributed by atoms with van der Waals surface area (Å²) < 4.78 is 1.27. The summed E-state index contributed by atoms with van der Waals surface area (Å²) >= 11 is 0. The van der Waals surface area contributed by atoms with Crippen molar-refractivity contribution in [3.8, 4) is 12.0 Å². The molecule has 0 fully saturated rings. The smallest absolute Gasteiger partial charge is 0.336 e. The maximum atomic E-state index is 12.8. The highest BCUT2D eigenvalue weighted by molar-refractivity contribution is 6.10. The molecule has 0 atom stereocenters. The Morgan fingerprint density at radius 1 is 1.11 bits per heavy atom. The summed E-state index contributed by atoms with van der Waals surface area (Å²) in [6, 6.07) is 9.60. The Morgan fingerprint density at radius 3 is 2.29 bits per heavy atom. The summed E-state index contributed by atoms with van der Waals surface area (Å²) in [5.41, 5.74) is 1.73. The van der Waals surface area contributed by atoms with Crippen molar-refractivity contribution in [2.45, 2.75) is 20.8 Å². The van der Waals surface area contributed by atoms with Crippen LogP contribution >= 0.6 is 0 Å². The largest absolute Gasteiger partial charge is 0.478 e. The number of carboxylic acid groups (broad SMARTS) is 1. The van der Waals surface area contributed by atoms with E-state index >= 15 is 0 Å². The Hall–Kier alpha value is -4.06. The fraction of sp³-hybridized carbons (Fsp3) is 0.158. The van der Waals surface area contributed by atoms with E-state index in [-0.39, 0.29) is 28.5 Å². The van der Waals surface area contributed by atoms with Crippen LogP contribution in [0.4, 0.5) is 5.82 Å². The Kier molecular flexibility index (Phi) is 4.87. The minimum absolute atomic E-state index is 0.0364. The SMILES string of the molecule is Cc1cc(C)nc(-n2nc(C)c(C#N)c2NC(=O)c2ccccc2C(=O)O)n1. The number of aryl methyl sites for hydroxylation is 3. The Bertz CT molecular complexity index is 1120. The highest BCUT2D eigenvalue weighted by Crippen LogP contribution is 2.23. The molecule has 0 saturated carbocycles. The maximum absolute atomic E-state index is 12.8. The lowest BCUT2D eigenvalue weighted by molar-refractivity contribution is 0.0692. The molecule has 0 radical (unpaired) electrons. The van der Waals surface area contributed by atoms with Gasteiger partial charge in [-0.25, -0.2) is 14.8 Å². The third kappa shape index (κ3) is 3.43. The summed E-state index contributed by atoms with van der Waals surface area (Å²) in [5.74, 6) is -1.63. The third-order valence-electron chi connectivity index (χ3n) is 3.97. The number of rotatable bonds is 4. The van der Waals surface area contributed by atoms with E-state index in [1.54, 1.807) is 32.9 Å². The Morgan fingerprint density at radius 2 is 1.71 bits per heavy atom. The predicted octanol–water partition coefficient (Wildman–Crippen LogP) is 2.41. The molecule has 2 heterocycles. The average molecular weight is 376 g/mol. The zero-order valence-electron chi connectivity index (χ0n) is 15.4. The van der Waals surface area contributed by atoms with Gasteiger partial charge in [-0.15, -0.1) is 0 Å². The fourth-order valence-electron chi connectivity index (χ4n) is 2.77. The molecule has 2 N–H and O–H groups in total. The monoisotopic (exact) mass is 376 g/mol. The van der Waals surface area contributed by atoms with E-state index in [4.69, 9.17) is 0 Å². The molecule has 9 heteroatoms. The number of amides is 1. The quantitative estimate of drug-likeness (QED) is 0.714. The molecule has 0 saturated heterocycles. The van der Waals surface area contributed by atoms with Gasteiger partial charge in [-0.3, -0.25) is 4.79 Å². The number of nitrogens with zero attached hydrogens (tertiary/aromatic N) is 5. The van der Waals surface area contributed by atoms with Gasteiger partial charge in [-0.05, 0) is 39.0 Å². The Balaban J connectivity index is 2.11. The van der Waals surface area contributed by atoms with Gasteiger partial charge < -0.3 is 10.4 Å². The summed E-state index contributed by atoms with van der Waals surface area (Å²) in [6.45, 7) is 5.21. The molecule has 0 spiro atoms. The van der Waals surface area contributed by atoms with E-state index < -0.39 is 11.9 Å². The van der Waals surface area contributed by atoms with Crippen molar-refractivity contribution < 1.29 is 14.7 Å². The number of hydrogen-bond acceptors (Lipinski definition) is 6. The number of anilines is 1. The molecular formula is C19H16N6O3. The van der Waals surface area contributed by atoms with Gasteiger partial charge in [0.2, 0.25) is 0 Å². The van der Waals surface area contributed by atoms with Crippen LogP contribution < -0.4 is 5.32 Å². The van der Waals surface area contributed by atoms with Gasteiger partial charge in [-0.2, -0.15) is 15.0 Å². The van der Waals surface area contributed by atoms with E-state index in [9.17, 15) is 20.0 Å². The molecule has 0 bridgehead atoms. The summed E-state index contributed by atoms with van der Waals surface area (Å²) in [4.78, 5) is 32.8. The van der Waals surface area contributed by atoms with Crippen LogP contribution in [0.1, 0.15) is 43.4 Å². The molecule has 1 aromatic carbocycles. The van der Waals surface area contributed by atoms with Gasteiger partial charge >= 0.3 is 5.97 Å². The van der Waals surface area contributed by atoms with Crippen molar-refractivity contribution >= 4 is 17.7 Å². The second-order valence-corrected chi connectivity index (χ2v) is 6.09. The lowest BCUT2D eigenvalue weighted by atomic mass is 10.1. The molecule has 0 unspecified atom stereocenters. The van der Waals surface area contributed by atoms with Crippen molar-refractivity contribution in [3.63, 3.8) is 0 Å². The lowest BCUT2D eigenvalue weighted by Gasteiger charge is -2.10. The first-order valence-corrected chi connectivity index (χ1v) is 8.28. The molecular weight excluding hydrogens is 360 g/mol. The molecule has 2 aromatic heterocycles. The van der Waals surface area contributed by atoms with Gasteiger partial charge in [0.05, 0.1) is 16.8 Å². The van der Waals surface area contributed by atoms with Gasteiger partial charge in [0.25, 0.3) is 11.9 Å². The van der Waals surface area contributed by atoms with Crippen LogP contribution in [0.3, 0.4) is 0 Å². The van der Waals surface area contributed by atoms with Gasteiger partial charge in [0.15, 0.2) is 5.82 Å². The van der Waals surface area contributed by atoms with Crippen molar-refractivity contribution in [2.75, 3.05) is 5.32 Å². The highest BCUT2D eigenvalue weighted by atomic mass is 16.4. The van der Waals surface area contributed by atoms with Gasteiger partial charge in [0, 0.05) is 11.4 Å². The van der Waals surface area contributed by atoms with Gasteiger partial charge in [0.1, 0.15) is 11.6 Å². The van der Waals surface area contributed by atoms with Crippen molar-refractivity contribution in [1.29, 1.82) is 5.26 Å². The first-order chi connectivity index (χ1) is 13.3. The number of nitrogens with one attached hydrogen (secondary N) is 1. The Labute approximate surface area is 160 Å². The lowest BCUT2D eigenvalue weighted by Crippen LogP contribution is -2.19. The second kappa shape index (κ2) is 7.28. The number of aromatic nitrogens is 4. The molecule has 1 amide bonds. The topological polar surface area (TPSA) is 134 Å². The van der Waals surface area contributed by atoms with Crippen molar-refractivity contribution in [3.05, 3.63) is 64.1 Å². The van der Waals surface area contributed by atoms with E-state index in [0.29, 0.717) is 17.1 Å². The van der Waals surface area contributed by atoms with Crippen LogP contribution in [0, 0.1) is 32.1 Å². The minimum atomic E-state index is -1.23. The number of hydrogen-bond donors (Lipinski definition) is 2. The second-order valence-electron chi connectivity index (χ2n) is 6.09. The normalized spacial score (nSPS) is 10.4. The molecule has 0 aliphatic carbocycles. The number of carboxylic acids is 1. The standard InChI is InChI=1S/C19H16N6O3/c1-10-8-11(2)22-19(21-10)25-16(15(9-20)12(3)24-25)23-17(26)13-6-4-5-7-14(13)18(27)28/h4-8H,1-3H3,(H,23,26)(H,27,28). The first-order valence-electron chi connectivity index (χ1n) is 8.28. The zero-order chi connectivity index (χ0) is 20.4. The number of carbonyl (C=O) groups is 2. The molecule has 0 aliphatic rings. The van der Waals surface area contributed by atoms with Gasteiger partial charge in [-0.1, -0.05) is 12.1 Å². The number of aromatic carboxylic acids is 1. The molecule has 9 nitrogen and oxygen atoms in total. The van der Waals surface area contributed by atoms with E-state index in [1.807, 2.05) is 6.07 Å². The molecule has 3 rings (SSSR count). The van der Waals surface area contributed by atoms with Crippen LogP contribution in [0.2, 0.25) is 0 Å². The first kappa shape index (κ1) is 18.7. The third-order valence-corrected chi connectivity index (χ3v) is 3.97. The van der Waals surface area contributed by atoms with Crippen LogP contribution in [0.15, 0.2) is 30.3 Å². The predicted molar refractivity (Wildman–Crippen MR) is 99.4 cm³/mol. The van der Waals surface area contributed by atoms with Crippen LogP contribution in [-0.2, 0) is 0 Å². The van der Waals surface area contributed by atoms with E-state index in [1.165, 1.54) is 22.9 Å². The minimum Gasteiger partial charge on any atom is -0.478 e. The summed E-state index contributed by atoms with van der Waals surface area (Å²) in [7, 11) is 0. The molecule has 28 heavy (non-hydrogen) atoms. The van der Waals surface area contributed by atoms with Crippen molar-refractivity contribution in [1.82, 2.24) is 19.7 Å². The number of nitriles is 1. The number of benzene rings is 1. The molecule has 3 aromatic rings. The van der Waals surface area contributed by atoms with E-state index in [0.717, 1.165) is 0 Å². The molecule has 0 aliphatic heterocycles. The van der Waals surface area contributed by atoms with Crippen LogP contribution in [0.5, 0.6) is 0 Å². The summed E-state index contributed by atoms with van der Waals surface area (Å²) in [5, 5.41) is 25.7. The summed E-state index contributed by atoms with van der Waals surface area (Å²) in [6.07, 6.45) is 0. The van der Waals surface area contributed by atoms with Crippen molar-refractivity contribution in [2.24, 2.45) is 0 Å². The highest BCUT2D eigenvalue weighted by Gasteiger charge is 2.23. The van der Waals surface area contributed by atoms with Crippen LogP contribution in [-0.4, -0.2) is 36.7 Å². The number of carbonyl (C=O) groups excluding carboxylic acids is 1. The van der Waals surface area contributed by atoms with Crippen LogP contribution in [0.25, 0.3) is 5.95 Å². The zero-order valence-corrected chi connectivity index (χ0v) is 15.4. The maximum Gasteiger partial charge on any atom is 0.336 e.